The summed E-state index contributed by atoms with van der Waals surface area (Å²) in [6.07, 6.45) is 1.20. The molecule has 0 saturated carbocycles. The lowest BCUT2D eigenvalue weighted by Gasteiger charge is -2.13. The molecule has 0 aliphatic carbocycles. The zero-order chi connectivity index (χ0) is 21.6. The van der Waals surface area contributed by atoms with Crippen LogP contribution in [0.2, 0.25) is 10.0 Å². The van der Waals surface area contributed by atoms with E-state index in [-0.39, 0.29) is 39.2 Å². The number of carbonyl (C=O) groups excluding carboxylic acids is 2. The molecule has 0 unspecified atom stereocenters. The summed E-state index contributed by atoms with van der Waals surface area (Å²) in [4.78, 5) is 34.1. The van der Waals surface area contributed by atoms with Gasteiger partial charge >= 0.3 is 11.9 Å². The summed E-state index contributed by atoms with van der Waals surface area (Å²) in [6, 6.07) is 8.63. The van der Waals surface area contributed by atoms with Crippen LogP contribution in [-0.4, -0.2) is 31.1 Å². The number of rotatable bonds is 7. The van der Waals surface area contributed by atoms with Crippen LogP contribution in [0.25, 0.3) is 6.08 Å². The molecule has 0 aromatic heterocycles. The Bertz CT molecular complexity index is 953. The van der Waals surface area contributed by atoms with E-state index < -0.39 is 16.9 Å². The Labute approximate surface area is 175 Å². The van der Waals surface area contributed by atoms with Crippen LogP contribution in [0.3, 0.4) is 0 Å². The first-order valence-corrected chi connectivity index (χ1v) is 8.76. The Kier molecular flexibility index (Phi) is 7.58. The van der Waals surface area contributed by atoms with Crippen LogP contribution < -0.4 is 4.74 Å². The first-order valence-electron chi connectivity index (χ1n) is 8.00. The molecule has 29 heavy (non-hydrogen) atoms. The van der Waals surface area contributed by atoms with Crippen molar-refractivity contribution in [3.8, 4) is 5.75 Å². The highest BCUT2D eigenvalue weighted by atomic mass is 35.5. The molecule has 152 valence electrons. The Balaban J connectivity index is 2.39. The first kappa shape index (κ1) is 22.2. The monoisotopic (exact) mass is 439 g/mol. The minimum Gasteiger partial charge on any atom is -0.487 e. The third-order valence-corrected chi connectivity index (χ3v) is 4.18. The fourth-order valence-corrected chi connectivity index (χ4v) is 2.85. The number of methoxy groups -OCH3 is 2. The molecular formula is C19H15Cl2NO7. The molecule has 0 saturated heterocycles. The van der Waals surface area contributed by atoms with Crippen molar-refractivity contribution in [2.75, 3.05) is 14.2 Å². The van der Waals surface area contributed by atoms with E-state index >= 15 is 0 Å². The van der Waals surface area contributed by atoms with Gasteiger partial charge in [0.15, 0.2) is 0 Å². The van der Waals surface area contributed by atoms with Gasteiger partial charge in [0.05, 0.1) is 24.2 Å². The van der Waals surface area contributed by atoms with E-state index in [1.54, 1.807) is 0 Å². The van der Waals surface area contributed by atoms with Gasteiger partial charge < -0.3 is 14.2 Å². The average molecular weight is 440 g/mol. The highest BCUT2D eigenvalue weighted by Crippen LogP contribution is 2.35. The molecule has 0 atom stereocenters. The van der Waals surface area contributed by atoms with Gasteiger partial charge in [0.2, 0.25) is 0 Å². The molecule has 0 fully saturated rings. The lowest BCUT2D eigenvalue weighted by Crippen LogP contribution is -2.15. The summed E-state index contributed by atoms with van der Waals surface area (Å²) in [5.41, 5.74) is 0.448. The van der Waals surface area contributed by atoms with E-state index in [0.29, 0.717) is 5.56 Å². The smallest absolute Gasteiger partial charge is 0.345 e. The van der Waals surface area contributed by atoms with Crippen LogP contribution in [0, 0.1) is 10.1 Å². The Hall–Kier alpha value is -3.10. The predicted octanol–water partition coefficient (Wildman–Crippen LogP) is 4.21. The standard InChI is InChI=1S/C19H15Cl2NO7/c1-27-18(23)15(19(24)28-2)8-12-7-13(20)9-16(21)17(12)29-10-11-3-5-14(6-4-11)22(25)26/h3-9H,10H2,1-2H3. The molecule has 2 rings (SSSR count). The van der Waals surface area contributed by atoms with E-state index in [1.807, 2.05) is 0 Å². The minimum absolute atomic E-state index is 0.0198. The van der Waals surface area contributed by atoms with Crippen LogP contribution in [0.5, 0.6) is 5.75 Å². The molecule has 0 heterocycles. The zero-order valence-electron chi connectivity index (χ0n) is 15.3. The number of hydrogen-bond donors (Lipinski definition) is 0. The number of carbonyl (C=O) groups is 2. The van der Waals surface area contributed by atoms with Crippen molar-refractivity contribution < 1.29 is 28.7 Å². The normalized spacial score (nSPS) is 10.1. The topological polar surface area (TPSA) is 105 Å². The molecule has 8 nitrogen and oxygen atoms in total. The van der Waals surface area contributed by atoms with Gasteiger partial charge in [-0.25, -0.2) is 9.59 Å². The largest absolute Gasteiger partial charge is 0.487 e. The molecule has 0 N–H and O–H groups in total. The fraction of sp³-hybridized carbons (Fsp3) is 0.158. The molecule has 0 aliphatic heterocycles. The van der Waals surface area contributed by atoms with Crippen molar-refractivity contribution in [2.45, 2.75) is 6.61 Å². The van der Waals surface area contributed by atoms with Crippen LogP contribution in [0.15, 0.2) is 42.0 Å². The molecule has 0 aliphatic rings. The summed E-state index contributed by atoms with van der Waals surface area (Å²) in [5, 5.41) is 11.1. The molecule has 0 bridgehead atoms. The first-order chi connectivity index (χ1) is 13.8. The number of halogens is 2. The Morgan fingerprint density at radius 2 is 1.66 bits per heavy atom. The second-order valence-electron chi connectivity index (χ2n) is 5.56. The maximum absolute atomic E-state index is 11.9. The molecule has 0 radical (unpaired) electrons. The lowest BCUT2D eigenvalue weighted by atomic mass is 10.1. The van der Waals surface area contributed by atoms with E-state index in [1.165, 1.54) is 42.5 Å². The van der Waals surface area contributed by atoms with Crippen LogP contribution in [0.1, 0.15) is 11.1 Å². The van der Waals surface area contributed by atoms with Crippen molar-refractivity contribution >= 4 is 46.9 Å². The number of benzene rings is 2. The second-order valence-corrected chi connectivity index (χ2v) is 6.40. The third-order valence-electron chi connectivity index (χ3n) is 3.68. The van der Waals surface area contributed by atoms with Gasteiger partial charge in [-0.15, -0.1) is 0 Å². The molecule has 2 aromatic carbocycles. The number of ether oxygens (including phenoxy) is 3. The lowest BCUT2D eigenvalue weighted by molar-refractivity contribution is -0.384. The molecule has 0 amide bonds. The van der Waals surface area contributed by atoms with Crippen molar-refractivity contribution in [1.82, 2.24) is 0 Å². The summed E-state index contributed by atoms with van der Waals surface area (Å²) in [7, 11) is 2.24. The third kappa shape index (κ3) is 5.69. The summed E-state index contributed by atoms with van der Waals surface area (Å²) in [6.45, 7) is 0.0198. The van der Waals surface area contributed by atoms with Gasteiger partial charge in [-0.3, -0.25) is 10.1 Å². The highest BCUT2D eigenvalue weighted by molar-refractivity contribution is 6.36. The SMILES string of the molecule is COC(=O)C(=Cc1cc(Cl)cc(Cl)c1OCc1ccc([N+](=O)[O-])cc1)C(=O)OC. The summed E-state index contributed by atoms with van der Waals surface area (Å²) in [5.74, 6) is -1.66. The van der Waals surface area contributed by atoms with Crippen LogP contribution in [-0.2, 0) is 25.7 Å². The molecule has 0 spiro atoms. The molecule has 2 aromatic rings. The maximum Gasteiger partial charge on any atom is 0.345 e. The van der Waals surface area contributed by atoms with E-state index in [9.17, 15) is 19.7 Å². The van der Waals surface area contributed by atoms with E-state index in [2.05, 4.69) is 9.47 Å². The number of hydrogen-bond acceptors (Lipinski definition) is 7. The van der Waals surface area contributed by atoms with Crippen molar-refractivity contribution in [3.63, 3.8) is 0 Å². The van der Waals surface area contributed by atoms with Gasteiger partial charge in [-0.1, -0.05) is 23.2 Å². The molecular weight excluding hydrogens is 425 g/mol. The van der Waals surface area contributed by atoms with E-state index in [4.69, 9.17) is 27.9 Å². The summed E-state index contributed by atoms with van der Waals surface area (Å²) >= 11 is 12.2. The number of non-ortho nitro benzene ring substituents is 1. The van der Waals surface area contributed by atoms with Gasteiger partial charge in [-0.05, 0) is 35.9 Å². The van der Waals surface area contributed by atoms with Crippen molar-refractivity contribution in [3.05, 3.63) is 73.3 Å². The number of nitro benzene ring substituents is 1. The Morgan fingerprint density at radius 3 is 2.17 bits per heavy atom. The van der Waals surface area contributed by atoms with Gasteiger partial charge in [0.1, 0.15) is 17.9 Å². The van der Waals surface area contributed by atoms with Crippen LogP contribution in [0.4, 0.5) is 5.69 Å². The number of esters is 2. The number of nitro groups is 1. The fourth-order valence-electron chi connectivity index (χ4n) is 2.29. The number of nitrogens with zero attached hydrogens (tertiary/aromatic N) is 1. The average Bonchev–Trinajstić information content (AvgIpc) is 2.70. The highest BCUT2D eigenvalue weighted by Gasteiger charge is 2.21. The Morgan fingerprint density at radius 1 is 1.07 bits per heavy atom. The zero-order valence-corrected chi connectivity index (χ0v) is 16.8. The summed E-state index contributed by atoms with van der Waals surface area (Å²) < 4.78 is 14.9. The maximum atomic E-state index is 11.9. The molecule has 10 heteroatoms. The van der Waals surface area contributed by atoms with E-state index in [0.717, 1.165) is 14.2 Å². The second kappa shape index (κ2) is 9.90. The predicted molar refractivity (Wildman–Crippen MR) is 106 cm³/mol. The van der Waals surface area contributed by atoms with Crippen molar-refractivity contribution in [1.29, 1.82) is 0 Å². The van der Waals surface area contributed by atoms with Gasteiger partial charge in [0, 0.05) is 22.7 Å². The minimum atomic E-state index is -0.908. The quantitative estimate of drug-likeness (QED) is 0.159. The van der Waals surface area contributed by atoms with Gasteiger partial charge in [-0.2, -0.15) is 0 Å². The van der Waals surface area contributed by atoms with Crippen LogP contribution >= 0.6 is 23.2 Å². The van der Waals surface area contributed by atoms with Crippen molar-refractivity contribution in [2.24, 2.45) is 0 Å². The van der Waals surface area contributed by atoms with Gasteiger partial charge in [0.25, 0.3) is 5.69 Å².